The number of likely N-dealkylation sites (tertiary alicyclic amines) is 1. The first-order valence-corrected chi connectivity index (χ1v) is 10.8. The van der Waals surface area contributed by atoms with E-state index in [1.165, 1.54) is 24.3 Å². The maximum Gasteiger partial charge on any atom is 0.322 e. The number of halogens is 1. The molecule has 1 fully saturated rings. The standard InChI is InChI=1S/C21H18FN5O4S/c22-12-3-5-13(6-4-12)24-21(29)27-9-1-2-15(27)19-25-26-20(32-19)18(28)23-14-7-8-16-17(10-14)31-11-30-16/h3-8,10,15H,1-2,9,11H2,(H,23,28)(H,24,29)/t15-/m1/s1. The number of amides is 3. The molecule has 1 aromatic heterocycles. The smallest absolute Gasteiger partial charge is 0.322 e. The maximum atomic E-state index is 13.1. The van der Waals surface area contributed by atoms with Crippen molar-refractivity contribution in [3.05, 3.63) is 58.3 Å². The number of aromatic nitrogens is 2. The van der Waals surface area contributed by atoms with Gasteiger partial charge in [-0.1, -0.05) is 11.3 Å². The first-order chi connectivity index (χ1) is 15.6. The SMILES string of the molecule is O=C(Nc1ccc2c(c1)OCO2)c1nnc([C@H]2CCCN2C(=O)Nc2ccc(F)cc2)s1. The third kappa shape index (κ3) is 4.06. The fraction of sp³-hybridized carbons (Fsp3) is 0.238. The van der Waals surface area contributed by atoms with E-state index in [1.807, 2.05) is 0 Å². The highest BCUT2D eigenvalue weighted by molar-refractivity contribution is 7.13. The third-order valence-corrected chi connectivity index (χ3v) is 6.18. The molecule has 11 heteroatoms. The molecule has 164 valence electrons. The van der Waals surface area contributed by atoms with Crippen LogP contribution in [0.1, 0.15) is 33.7 Å². The Bertz CT molecular complexity index is 1170. The number of benzene rings is 2. The minimum atomic E-state index is -0.395. The van der Waals surface area contributed by atoms with Crippen molar-refractivity contribution in [2.24, 2.45) is 0 Å². The lowest BCUT2D eigenvalue weighted by Gasteiger charge is -2.23. The topological polar surface area (TPSA) is 106 Å². The van der Waals surface area contributed by atoms with Gasteiger partial charge in [0.2, 0.25) is 11.8 Å². The second-order valence-corrected chi connectivity index (χ2v) is 8.27. The van der Waals surface area contributed by atoms with Crippen LogP contribution >= 0.6 is 11.3 Å². The molecule has 3 aromatic rings. The average molecular weight is 455 g/mol. The zero-order chi connectivity index (χ0) is 22.1. The summed E-state index contributed by atoms with van der Waals surface area (Å²) in [6.45, 7) is 0.703. The van der Waals surface area contributed by atoms with E-state index in [0.717, 1.165) is 24.2 Å². The van der Waals surface area contributed by atoms with Gasteiger partial charge in [0.05, 0.1) is 6.04 Å². The summed E-state index contributed by atoms with van der Waals surface area (Å²) in [5.74, 6) is 0.423. The van der Waals surface area contributed by atoms with Crippen LogP contribution in [0.4, 0.5) is 20.6 Å². The zero-order valence-corrected chi connectivity index (χ0v) is 17.5. The molecule has 9 nitrogen and oxygen atoms in total. The third-order valence-electron chi connectivity index (χ3n) is 5.16. The molecule has 1 atom stereocenters. The van der Waals surface area contributed by atoms with Crippen LogP contribution in [0, 0.1) is 5.82 Å². The van der Waals surface area contributed by atoms with Gasteiger partial charge in [0.15, 0.2) is 11.5 Å². The molecule has 2 aromatic carbocycles. The number of rotatable bonds is 4. The highest BCUT2D eigenvalue weighted by Crippen LogP contribution is 2.36. The molecule has 2 N–H and O–H groups in total. The van der Waals surface area contributed by atoms with Gasteiger partial charge in [0.1, 0.15) is 10.8 Å². The van der Waals surface area contributed by atoms with E-state index in [9.17, 15) is 14.0 Å². The van der Waals surface area contributed by atoms with Crippen molar-refractivity contribution >= 4 is 34.6 Å². The maximum absolute atomic E-state index is 13.1. The van der Waals surface area contributed by atoms with Crippen molar-refractivity contribution in [1.82, 2.24) is 15.1 Å². The number of ether oxygens (including phenoxy) is 2. The molecule has 0 aliphatic carbocycles. The normalized spacial score (nSPS) is 16.8. The number of nitrogens with one attached hydrogen (secondary N) is 2. The van der Waals surface area contributed by atoms with Crippen LogP contribution in [0.5, 0.6) is 11.5 Å². The Kier molecular flexibility index (Phi) is 5.31. The summed E-state index contributed by atoms with van der Waals surface area (Å²) in [5, 5.41) is 14.5. The molecular formula is C21H18FN5O4S. The Morgan fingerprint density at radius 1 is 1.03 bits per heavy atom. The van der Waals surface area contributed by atoms with Gasteiger partial charge in [-0.25, -0.2) is 9.18 Å². The second-order valence-electron chi connectivity index (χ2n) is 7.26. The summed E-state index contributed by atoms with van der Waals surface area (Å²) in [7, 11) is 0. The monoisotopic (exact) mass is 455 g/mol. The number of hydrogen-bond acceptors (Lipinski definition) is 7. The van der Waals surface area contributed by atoms with Gasteiger partial charge < -0.3 is 25.0 Å². The second kappa shape index (κ2) is 8.42. The lowest BCUT2D eigenvalue weighted by atomic mass is 10.2. The summed E-state index contributed by atoms with van der Waals surface area (Å²) in [6.07, 6.45) is 1.52. The minimum absolute atomic E-state index is 0.152. The number of nitrogens with zero attached hydrogens (tertiary/aromatic N) is 3. The molecular weight excluding hydrogens is 437 g/mol. The van der Waals surface area contributed by atoms with Crippen molar-refractivity contribution < 1.29 is 23.5 Å². The van der Waals surface area contributed by atoms with Gasteiger partial charge in [-0.05, 0) is 49.2 Å². The molecule has 3 amide bonds. The molecule has 0 unspecified atom stereocenters. The molecule has 0 bridgehead atoms. The molecule has 1 saturated heterocycles. The summed E-state index contributed by atoms with van der Waals surface area (Å²) in [4.78, 5) is 27.0. The molecule has 32 heavy (non-hydrogen) atoms. The van der Waals surface area contributed by atoms with Crippen molar-refractivity contribution in [2.75, 3.05) is 24.0 Å². The fourth-order valence-corrected chi connectivity index (χ4v) is 4.50. The van der Waals surface area contributed by atoms with E-state index in [1.54, 1.807) is 23.1 Å². The molecule has 0 saturated carbocycles. The van der Waals surface area contributed by atoms with Crippen LogP contribution in [0.2, 0.25) is 0 Å². The molecule has 0 radical (unpaired) electrons. The molecule has 3 heterocycles. The summed E-state index contributed by atoms with van der Waals surface area (Å²) in [6, 6.07) is 10.1. The highest BCUT2D eigenvalue weighted by atomic mass is 32.1. The predicted molar refractivity (Wildman–Crippen MR) is 115 cm³/mol. The number of urea groups is 1. The first kappa shape index (κ1) is 20.2. The quantitative estimate of drug-likeness (QED) is 0.615. The Balaban J connectivity index is 1.26. The van der Waals surface area contributed by atoms with Gasteiger partial charge in [0, 0.05) is 24.0 Å². The molecule has 0 spiro atoms. The number of anilines is 2. The van der Waals surface area contributed by atoms with E-state index >= 15 is 0 Å². The number of fused-ring (bicyclic) bond motifs is 1. The molecule has 5 rings (SSSR count). The van der Waals surface area contributed by atoms with Gasteiger partial charge in [-0.15, -0.1) is 10.2 Å². The van der Waals surface area contributed by atoms with Crippen molar-refractivity contribution in [3.63, 3.8) is 0 Å². The van der Waals surface area contributed by atoms with Gasteiger partial charge >= 0.3 is 6.03 Å². The van der Waals surface area contributed by atoms with Crippen LogP contribution in [-0.4, -0.2) is 40.4 Å². The summed E-state index contributed by atoms with van der Waals surface area (Å²) >= 11 is 1.15. The van der Waals surface area contributed by atoms with E-state index in [4.69, 9.17) is 9.47 Å². The Morgan fingerprint density at radius 3 is 2.66 bits per heavy atom. The van der Waals surface area contributed by atoms with Crippen LogP contribution in [-0.2, 0) is 0 Å². The lowest BCUT2D eigenvalue weighted by molar-refractivity contribution is 0.102. The van der Waals surface area contributed by atoms with Gasteiger partial charge in [0.25, 0.3) is 5.91 Å². The lowest BCUT2D eigenvalue weighted by Crippen LogP contribution is -2.34. The van der Waals surface area contributed by atoms with Gasteiger partial charge in [-0.2, -0.15) is 0 Å². The predicted octanol–water partition coefficient (Wildman–Crippen LogP) is 4.03. The molecule has 2 aliphatic rings. The first-order valence-electron chi connectivity index (χ1n) is 9.94. The zero-order valence-electron chi connectivity index (χ0n) is 16.7. The van der Waals surface area contributed by atoms with Gasteiger partial charge in [-0.3, -0.25) is 4.79 Å². The van der Waals surface area contributed by atoms with E-state index in [-0.39, 0.29) is 29.7 Å². The average Bonchev–Trinajstić information content (AvgIpc) is 3.54. The summed E-state index contributed by atoms with van der Waals surface area (Å²) < 4.78 is 23.7. The molecule has 2 aliphatic heterocycles. The number of carbonyl (C=O) groups is 2. The highest BCUT2D eigenvalue weighted by Gasteiger charge is 2.33. The minimum Gasteiger partial charge on any atom is -0.454 e. The Labute approximate surface area is 186 Å². The van der Waals surface area contributed by atoms with E-state index in [0.29, 0.717) is 34.4 Å². The largest absolute Gasteiger partial charge is 0.454 e. The van der Waals surface area contributed by atoms with Crippen LogP contribution in [0.25, 0.3) is 0 Å². The van der Waals surface area contributed by atoms with Crippen LogP contribution in [0.3, 0.4) is 0 Å². The van der Waals surface area contributed by atoms with Crippen LogP contribution < -0.4 is 20.1 Å². The number of hydrogen-bond donors (Lipinski definition) is 2. The van der Waals surface area contributed by atoms with Crippen molar-refractivity contribution in [2.45, 2.75) is 18.9 Å². The fourth-order valence-electron chi connectivity index (χ4n) is 3.61. The number of carbonyl (C=O) groups excluding carboxylic acids is 2. The van der Waals surface area contributed by atoms with E-state index in [2.05, 4.69) is 20.8 Å². The van der Waals surface area contributed by atoms with Crippen molar-refractivity contribution in [3.8, 4) is 11.5 Å². The van der Waals surface area contributed by atoms with Crippen LogP contribution in [0.15, 0.2) is 42.5 Å². The Morgan fingerprint density at radius 2 is 1.81 bits per heavy atom. The Hall–Kier alpha value is -3.73. The van der Waals surface area contributed by atoms with Crippen molar-refractivity contribution in [1.29, 1.82) is 0 Å². The summed E-state index contributed by atoms with van der Waals surface area (Å²) in [5.41, 5.74) is 1.06. The van der Waals surface area contributed by atoms with E-state index < -0.39 is 5.91 Å².